The van der Waals surface area contributed by atoms with E-state index in [4.69, 9.17) is 4.74 Å². The number of aromatic nitrogens is 2. The topological polar surface area (TPSA) is 64.7 Å². The molecule has 1 N–H and O–H groups in total. The van der Waals surface area contributed by atoms with E-state index >= 15 is 0 Å². The highest BCUT2D eigenvalue weighted by Gasteiger charge is 2.40. The number of amides is 1. The van der Waals surface area contributed by atoms with Crippen LogP contribution in [0.15, 0.2) is 24.5 Å². The van der Waals surface area contributed by atoms with E-state index in [1.165, 1.54) is 0 Å². The third-order valence-electron chi connectivity index (χ3n) is 6.00. The first-order valence-corrected chi connectivity index (χ1v) is 10.2. The molecule has 1 spiro atoms. The second kappa shape index (κ2) is 8.19. The van der Waals surface area contributed by atoms with Gasteiger partial charge in [-0.05, 0) is 45.1 Å². The molecule has 1 unspecified atom stereocenters. The molecular formula is C21H31N5O2. The van der Waals surface area contributed by atoms with Gasteiger partial charge in [-0.25, -0.2) is 4.98 Å². The monoisotopic (exact) mass is 385 g/mol. The Kier molecular flexibility index (Phi) is 5.66. The standard InChI is InChI=1S/C21H31N5O2/c1-24(2)8-9-25-10-11-28-15-21(13-25)6-3-7-26(14-21)20(27)17-4-5-18-19(12-17)23-16-22-18/h4-5,12,16H,3,6-11,13-15H2,1-2H3,(H,22,23). The Bertz CT molecular complexity index is 820. The van der Waals surface area contributed by atoms with Crippen molar-refractivity contribution in [1.82, 2.24) is 24.7 Å². The lowest BCUT2D eigenvalue weighted by atomic mass is 9.80. The molecule has 1 amide bonds. The Morgan fingerprint density at radius 3 is 3.07 bits per heavy atom. The molecule has 3 heterocycles. The van der Waals surface area contributed by atoms with Gasteiger partial charge in [0.1, 0.15) is 0 Å². The first kappa shape index (κ1) is 19.4. The van der Waals surface area contributed by atoms with Gasteiger partial charge in [-0.3, -0.25) is 9.69 Å². The van der Waals surface area contributed by atoms with E-state index in [-0.39, 0.29) is 11.3 Å². The van der Waals surface area contributed by atoms with Crippen molar-refractivity contribution in [1.29, 1.82) is 0 Å². The van der Waals surface area contributed by atoms with Crippen LogP contribution in [-0.4, -0.2) is 97.2 Å². The molecule has 0 saturated carbocycles. The van der Waals surface area contributed by atoms with E-state index in [9.17, 15) is 4.79 Å². The van der Waals surface area contributed by atoms with Gasteiger partial charge in [-0.1, -0.05) is 0 Å². The number of imidazole rings is 1. The summed E-state index contributed by atoms with van der Waals surface area (Å²) in [5.74, 6) is 0.111. The van der Waals surface area contributed by atoms with E-state index in [0.717, 1.165) is 81.9 Å². The maximum Gasteiger partial charge on any atom is 0.253 e. The molecule has 2 fully saturated rings. The molecule has 0 bridgehead atoms. The highest BCUT2D eigenvalue weighted by Crippen LogP contribution is 2.33. The minimum atomic E-state index is 0.0365. The molecule has 2 aliphatic rings. The molecular weight excluding hydrogens is 354 g/mol. The number of hydrogen-bond donors (Lipinski definition) is 1. The minimum Gasteiger partial charge on any atom is -0.379 e. The SMILES string of the molecule is CN(C)CCN1CCOCC2(CCCN(C(=O)c3ccc4nc[nH]c4c3)C2)C1. The van der Waals surface area contributed by atoms with Gasteiger partial charge in [-0.2, -0.15) is 0 Å². The lowest BCUT2D eigenvalue weighted by Crippen LogP contribution is -2.52. The summed E-state index contributed by atoms with van der Waals surface area (Å²) in [6.07, 6.45) is 3.82. The number of piperidine rings is 1. The van der Waals surface area contributed by atoms with E-state index in [0.29, 0.717) is 0 Å². The third-order valence-corrected chi connectivity index (χ3v) is 6.00. The van der Waals surface area contributed by atoms with Crippen molar-refractivity contribution in [3.63, 3.8) is 0 Å². The van der Waals surface area contributed by atoms with Crippen LogP contribution >= 0.6 is 0 Å². The second-order valence-electron chi connectivity index (χ2n) is 8.60. The predicted octanol–water partition coefficient (Wildman–Crippen LogP) is 1.68. The van der Waals surface area contributed by atoms with Crippen molar-refractivity contribution in [3.8, 4) is 0 Å². The number of hydrogen-bond acceptors (Lipinski definition) is 5. The van der Waals surface area contributed by atoms with Gasteiger partial charge in [0.05, 0.1) is 30.6 Å². The van der Waals surface area contributed by atoms with Crippen molar-refractivity contribution in [2.75, 3.05) is 66.6 Å². The quantitative estimate of drug-likeness (QED) is 0.868. The van der Waals surface area contributed by atoms with Crippen molar-refractivity contribution >= 4 is 16.9 Å². The molecule has 28 heavy (non-hydrogen) atoms. The summed E-state index contributed by atoms with van der Waals surface area (Å²) in [6, 6.07) is 5.72. The molecule has 0 radical (unpaired) electrons. The average molecular weight is 386 g/mol. The van der Waals surface area contributed by atoms with Crippen LogP contribution < -0.4 is 0 Å². The normalized spacial score (nSPS) is 24.2. The first-order chi connectivity index (χ1) is 13.5. The number of aromatic amines is 1. The van der Waals surface area contributed by atoms with Gasteiger partial charge >= 0.3 is 0 Å². The van der Waals surface area contributed by atoms with Crippen molar-refractivity contribution in [3.05, 3.63) is 30.1 Å². The lowest BCUT2D eigenvalue weighted by molar-refractivity contribution is 0.00717. The van der Waals surface area contributed by atoms with Crippen LogP contribution in [0.1, 0.15) is 23.2 Å². The molecule has 2 saturated heterocycles. The number of fused-ring (bicyclic) bond motifs is 1. The molecule has 1 atom stereocenters. The van der Waals surface area contributed by atoms with Crippen molar-refractivity contribution in [2.45, 2.75) is 12.8 Å². The molecule has 7 heteroatoms. The summed E-state index contributed by atoms with van der Waals surface area (Å²) >= 11 is 0. The molecule has 0 aliphatic carbocycles. The lowest BCUT2D eigenvalue weighted by Gasteiger charge is -2.43. The Morgan fingerprint density at radius 1 is 1.32 bits per heavy atom. The number of rotatable bonds is 4. The summed E-state index contributed by atoms with van der Waals surface area (Å²) in [5, 5.41) is 0. The number of nitrogens with zero attached hydrogens (tertiary/aromatic N) is 4. The van der Waals surface area contributed by atoms with Crippen LogP contribution in [-0.2, 0) is 4.74 Å². The van der Waals surface area contributed by atoms with Gasteiger partial charge in [-0.15, -0.1) is 0 Å². The van der Waals surface area contributed by atoms with Gasteiger partial charge < -0.3 is 19.5 Å². The Labute approximate surface area is 166 Å². The number of carbonyl (C=O) groups excluding carboxylic acids is 1. The molecule has 152 valence electrons. The zero-order valence-corrected chi connectivity index (χ0v) is 17.0. The van der Waals surface area contributed by atoms with Gasteiger partial charge in [0.2, 0.25) is 0 Å². The van der Waals surface area contributed by atoms with Gasteiger partial charge in [0.25, 0.3) is 5.91 Å². The number of carbonyl (C=O) groups is 1. The summed E-state index contributed by atoms with van der Waals surface area (Å²) in [7, 11) is 4.23. The molecule has 1 aromatic heterocycles. The predicted molar refractivity (Wildman–Crippen MR) is 109 cm³/mol. The fourth-order valence-electron chi connectivity index (χ4n) is 4.49. The Hall–Kier alpha value is -1.96. The Balaban J connectivity index is 1.48. The number of likely N-dealkylation sites (tertiary alicyclic amines) is 1. The van der Waals surface area contributed by atoms with E-state index in [1.807, 2.05) is 23.1 Å². The second-order valence-corrected chi connectivity index (χ2v) is 8.60. The van der Waals surface area contributed by atoms with Crippen LogP contribution in [0.4, 0.5) is 0 Å². The van der Waals surface area contributed by atoms with Gasteiger partial charge in [0.15, 0.2) is 0 Å². The maximum atomic E-state index is 13.2. The first-order valence-electron chi connectivity index (χ1n) is 10.2. The molecule has 2 aromatic rings. The van der Waals surface area contributed by atoms with Crippen LogP contribution in [0.2, 0.25) is 0 Å². The number of benzene rings is 1. The number of likely N-dealkylation sites (N-methyl/N-ethyl adjacent to an activating group) is 1. The van der Waals surface area contributed by atoms with Crippen LogP contribution in [0.25, 0.3) is 11.0 Å². The number of H-pyrrole nitrogens is 1. The summed E-state index contributed by atoms with van der Waals surface area (Å²) in [5.41, 5.74) is 2.56. The molecule has 1 aromatic carbocycles. The zero-order chi connectivity index (χ0) is 19.6. The van der Waals surface area contributed by atoms with Crippen LogP contribution in [0.3, 0.4) is 0 Å². The highest BCUT2D eigenvalue weighted by atomic mass is 16.5. The third kappa shape index (κ3) is 4.21. The summed E-state index contributed by atoms with van der Waals surface area (Å²) in [4.78, 5) is 27.3. The van der Waals surface area contributed by atoms with E-state index < -0.39 is 0 Å². The van der Waals surface area contributed by atoms with E-state index in [2.05, 4.69) is 33.9 Å². The van der Waals surface area contributed by atoms with Crippen molar-refractivity contribution < 1.29 is 9.53 Å². The smallest absolute Gasteiger partial charge is 0.253 e. The zero-order valence-electron chi connectivity index (χ0n) is 17.0. The molecule has 7 nitrogen and oxygen atoms in total. The van der Waals surface area contributed by atoms with Crippen LogP contribution in [0.5, 0.6) is 0 Å². The molecule has 2 aliphatic heterocycles. The minimum absolute atomic E-state index is 0.0365. The van der Waals surface area contributed by atoms with Gasteiger partial charge in [0, 0.05) is 50.2 Å². The van der Waals surface area contributed by atoms with E-state index in [1.54, 1.807) is 6.33 Å². The maximum absolute atomic E-state index is 13.2. The number of nitrogens with one attached hydrogen (secondary N) is 1. The highest BCUT2D eigenvalue weighted by molar-refractivity contribution is 5.97. The molecule has 4 rings (SSSR count). The average Bonchev–Trinajstić information content (AvgIpc) is 3.08. The fourth-order valence-corrected chi connectivity index (χ4v) is 4.49. The van der Waals surface area contributed by atoms with Crippen molar-refractivity contribution in [2.24, 2.45) is 5.41 Å². The largest absolute Gasteiger partial charge is 0.379 e. The van der Waals surface area contributed by atoms with Crippen LogP contribution in [0, 0.1) is 5.41 Å². The summed E-state index contributed by atoms with van der Waals surface area (Å²) in [6.45, 7) is 7.18. The Morgan fingerprint density at radius 2 is 2.21 bits per heavy atom. The fraction of sp³-hybridized carbons (Fsp3) is 0.619. The number of ether oxygens (including phenoxy) is 1. The summed E-state index contributed by atoms with van der Waals surface area (Å²) < 4.78 is 6.00.